The van der Waals surface area contributed by atoms with Gasteiger partial charge in [0.1, 0.15) is 0 Å². The first-order chi connectivity index (χ1) is 3.31. The number of hydrogen-bond acceptors (Lipinski definition) is 3. The average molecular weight is 142 g/mol. The van der Waals surface area contributed by atoms with Crippen molar-refractivity contribution in [3.8, 4) is 0 Å². The Kier molecular flexibility index (Phi) is 9.89. The number of aliphatic hydroxyl groups excluding tert-OH is 1. The Bertz CT molecular complexity index is 45.0. The van der Waals surface area contributed by atoms with E-state index in [1.165, 1.54) is 0 Å². The van der Waals surface area contributed by atoms with E-state index in [0.717, 1.165) is 0 Å². The maximum atomic E-state index is 8.26. The highest BCUT2D eigenvalue weighted by molar-refractivity contribution is 5.85. The summed E-state index contributed by atoms with van der Waals surface area (Å²) in [7, 11) is 1.55. The van der Waals surface area contributed by atoms with E-state index in [2.05, 4.69) is 4.74 Å². The van der Waals surface area contributed by atoms with Crippen molar-refractivity contribution in [3.63, 3.8) is 0 Å². The van der Waals surface area contributed by atoms with Gasteiger partial charge in [-0.2, -0.15) is 0 Å². The van der Waals surface area contributed by atoms with Crippen molar-refractivity contribution in [3.05, 3.63) is 0 Å². The van der Waals surface area contributed by atoms with Crippen LogP contribution in [0.25, 0.3) is 0 Å². The Morgan fingerprint density at radius 2 is 2.25 bits per heavy atom. The summed E-state index contributed by atoms with van der Waals surface area (Å²) in [6, 6.07) is -0.218. The lowest BCUT2D eigenvalue weighted by molar-refractivity contribution is 0.146. The maximum absolute atomic E-state index is 8.26. The summed E-state index contributed by atoms with van der Waals surface area (Å²) in [6.07, 6.45) is 0. The third kappa shape index (κ3) is 6.17. The number of aliphatic hydroxyl groups is 1. The first-order valence-corrected chi connectivity index (χ1v) is 2.16. The van der Waals surface area contributed by atoms with Crippen molar-refractivity contribution in [1.29, 1.82) is 0 Å². The minimum atomic E-state index is -0.218. The minimum Gasteiger partial charge on any atom is -0.395 e. The molecule has 0 aliphatic rings. The first-order valence-electron chi connectivity index (χ1n) is 2.16. The number of nitrogens with two attached hydrogens (primary N) is 1. The first kappa shape index (κ1) is 11.0. The van der Waals surface area contributed by atoms with E-state index in [0.29, 0.717) is 6.61 Å². The van der Waals surface area contributed by atoms with E-state index >= 15 is 0 Å². The quantitative estimate of drug-likeness (QED) is 0.551. The lowest BCUT2D eigenvalue weighted by Gasteiger charge is -2.03. The van der Waals surface area contributed by atoms with Crippen LogP contribution in [-0.2, 0) is 4.74 Å². The summed E-state index contributed by atoms with van der Waals surface area (Å²) in [5, 5.41) is 8.26. The molecule has 0 radical (unpaired) electrons. The van der Waals surface area contributed by atoms with E-state index in [9.17, 15) is 0 Å². The number of hydrogen-bond donors (Lipinski definition) is 2. The highest BCUT2D eigenvalue weighted by Crippen LogP contribution is 1.73. The summed E-state index contributed by atoms with van der Waals surface area (Å²) in [4.78, 5) is 0. The van der Waals surface area contributed by atoms with Gasteiger partial charge in [-0.1, -0.05) is 0 Å². The second-order valence-electron chi connectivity index (χ2n) is 1.40. The Morgan fingerprint density at radius 3 is 2.38 bits per heavy atom. The van der Waals surface area contributed by atoms with Crippen molar-refractivity contribution in [1.82, 2.24) is 0 Å². The molecule has 0 saturated heterocycles. The smallest absolute Gasteiger partial charge is 0.0636 e. The molecule has 0 bridgehead atoms. The van der Waals surface area contributed by atoms with Gasteiger partial charge >= 0.3 is 0 Å². The molecule has 3 N–H and O–H groups in total. The molecule has 0 heterocycles. The topological polar surface area (TPSA) is 55.5 Å². The van der Waals surface area contributed by atoms with Gasteiger partial charge in [0.05, 0.1) is 19.3 Å². The molecule has 3 nitrogen and oxygen atoms in total. The van der Waals surface area contributed by atoms with Gasteiger partial charge in [0.2, 0.25) is 0 Å². The van der Waals surface area contributed by atoms with Crippen LogP contribution in [0.2, 0.25) is 0 Å². The van der Waals surface area contributed by atoms with E-state index in [1.54, 1.807) is 7.11 Å². The molecule has 1 unspecified atom stereocenters. The minimum absolute atomic E-state index is 0. The highest BCUT2D eigenvalue weighted by atomic mass is 35.5. The highest BCUT2D eigenvalue weighted by Gasteiger charge is 1.94. The summed E-state index contributed by atoms with van der Waals surface area (Å²) in [5.74, 6) is 0. The lowest BCUT2D eigenvalue weighted by atomic mass is 10.4. The fourth-order valence-electron chi connectivity index (χ4n) is 0.267. The van der Waals surface area contributed by atoms with Crippen LogP contribution in [0.15, 0.2) is 0 Å². The zero-order chi connectivity index (χ0) is 5.70. The molecule has 0 aliphatic heterocycles. The fourth-order valence-corrected chi connectivity index (χ4v) is 0.267. The zero-order valence-corrected chi connectivity index (χ0v) is 5.65. The average Bonchev–Trinajstić information content (AvgIpc) is 1.68. The third-order valence-corrected chi connectivity index (χ3v) is 0.615. The number of halogens is 1. The predicted octanol–water partition coefficient (Wildman–Crippen LogP) is -0.626. The van der Waals surface area contributed by atoms with Gasteiger partial charge in [-0.25, -0.2) is 0 Å². The lowest BCUT2D eigenvalue weighted by Crippen LogP contribution is -2.29. The van der Waals surface area contributed by atoms with E-state index in [1.807, 2.05) is 0 Å². The molecule has 0 aromatic heterocycles. The Morgan fingerprint density at radius 1 is 1.75 bits per heavy atom. The third-order valence-electron chi connectivity index (χ3n) is 0.615. The fraction of sp³-hybridized carbons (Fsp3) is 1.00. The van der Waals surface area contributed by atoms with Crippen LogP contribution in [0.3, 0.4) is 0 Å². The molecule has 0 aliphatic carbocycles. The van der Waals surface area contributed by atoms with Crippen LogP contribution in [0.4, 0.5) is 0 Å². The standard InChI is InChI=1S/C4H11NO2.ClH/c1-7-3-4(5)2-6;/h4,6H,2-3,5H2,1H3;1H. The van der Waals surface area contributed by atoms with Crippen molar-refractivity contribution < 1.29 is 9.84 Å². The van der Waals surface area contributed by atoms with Gasteiger partial charge in [0.25, 0.3) is 0 Å². The van der Waals surface area contributed by atoms with Crippen LogP contribution in [-0.4, -0.2) is 31.5 Å². The molecule has 1 atom stereocenters. The maximum Gasteiger partial charge on any atom is 0.0636 e. The summed E-state index contributed by atoms with van der Waals surface area (Å²) in [5.41, 5.74) is 5.21. The van der Waals surface area contributed by atoms with Crippen molar-refractivity contribution in [2.24, 2.45) is 5.73 Å². The molecule has 0 aromatic carbocycles. The van der Waals surface area contributed by atoms with Crippen LogP contribution in [0.5, 0.6) is 0 Å². The second kappa shape index (κ2) is 7.17. The van der Waals surface area contributed by atoms with Gasteiger partial charge in [0.15, 0.2) is 0 Å². The molecule has 0 fully saturated rings. The van der Waals surface area contributed by atoms with E-state index < -0.39 is 0 Å². The normalized spacial score (nSPS) is 12.4. The molecule has 0 rings (SSSR count). The van der Waals surface area contributed by atoms with Crippen LogP contribution in [0, 0.1) is 0 Å². The Hall–Kier alpha value is 0.170. The molecule has 52 valence electrons. The summed E-state index contributed by atoms with van der Waals surface area (Å²) in [6.45, 7) is 0.421. The van der Waals surface area contributed by atoms with Gasteiger partial charge in [-0.3, -0.25) is 0 Å². The Balaban J connectivity index is 0. The largest absolute Gasteiger partial charge is 0.395 e. The molecule has 0 aromatic rings. The molecule has 0 saturated carbocycles. The van der Waals surface area contributed by atoms with Gasteiger partial charge in [-0.05, 0) is 0 Å². The molecule has 0 spiro atoms. The molecule has 4 heteroatoms. The summed E-state index contributed by atoms with van der Waals surface area (Å²) >= 11 is 0. The zero-order valence-electron chi connectivity index (χ0n) is 4.83. The summed E-state index contributed by atoms with van der Waals surface area (Å²) < 4.78 is 4.61. The molecule has 0 amide bonds. The predicted molar refractivity (Wildman–Crippen MR) is 34.2 cm³/mol. The van der Waals surface area contributed by atoms with Crippen molar-refractivity contribution >= 4 is 12.4 Å². The van der Waals surface area contributed by atoms with Crippen molar-refractivity contribution in [2.75, 3.05) is 20.3 Å². The monoisotopic (exact) mass is 141 g/mol. The second-order valence-corrected chi connectivity index (χ2v) is 1.40. The van der Waals surface area contributed by atoms with Crippen molar-refractivity contribution in [2.45, 2.75) is 6.04 Å². The van der Waals surface area contributed by atoms with Gasteiger partial charge in [0, 0.05) is 7.11 Å². The number of rotatable bonds is 3. The Labute approximate surface area is 55.2 Å². The van der Waals surface area contributed by atoms with Gasteiger partial charge in [-0.15, -0.1) is 12.4 Å². The molecular formula is C4H12ClNO2. The SMILES string of the molecule is COCC(N)CO.Cl. The molecule has 8 heavy (non-hydrogen) atoms. The number of methoxy groups -OCH3 is 1. The van der Waals surface area contributed by atoms with E-state index in [4.69, 9.17) is 10.8 Å². The van der Waals surface area contributed by atoms with Crippen LogP contribution >= 0.6 is 12.4 Å². The molecular weight excluding hydrogens is 130 g/mol. The van der Waals surface area contributed by atoms with Crippen LogP contribution < -0.4 is 5.73 Å². The van der Waals surface area contributed by atoms with Gasteiger partial charge < -0.3 is 15.6 Å². The number of ether oxygens (including phenoxy) is 1. The van der Waals surface area contributed by atoms with E-state index in [-0.39, 0.29) is 25.1 Å². The van der Waals surface area contributed by atoms with Crippen LogP contribution in [0.1, 0.15) is 0 Å².